The Labute approximate surface area is 232 Å². The van der Waals surface area contributed by atoms with Gasteiger partial charge in [-0.1, -0.05) is 68.2 Å². The first-order valence-corrected chi connectivity index (χ1v) is 15.2. The summed E-state index contributed by atoms with van der Waals surface area (Å²) in [4.78, 5) is 36.3. The molecule has 0 aromatic carbocycles. The van der Waals surface area contributed by atoms with Crippen LogP contribution in [0.15, 0.2) is 12.7 Å². The monoisotopic (exact) mass is 605 g/mol. The van der Waals surface area contributed by atoms with Gasteiger partial charge in [-0.15, -0.1) is 0 Å². The number of carbonyl (C=O) groups excluding carboxylic acids is 3. The number of carbonyl (C=O) groups is 3. The zero-order valence-corrected chi connectivity index (χ0v) is 25.1. The summed E-state index contributed by atoms with van der Waals surface area (Å²) in [5.41, 5.74) is 0. The molecule has 0 spiro atoms. The van der Waals surface area contributed by atoms with Crippen LogP contribution in [-0.4, -0.2) is 80.0 Å². The predicted molar refractivity (Wildman–Crippen MR) is 138 cm³/mol. The molecular formula is C22H34Cl3NO10Si. The molecule has 0 aromatic heterocycles. The summed E-state index contributed by atoms with van der Waals surface area (Å²) < 4.78 is 36.3. The third-order valence-corrected chi connectivity index (χ3v) is 10.7. The van der Waals surface area contributed by atoms with Crippen LogP contribution in [-0.2, 0) is 42.4 Å². The van der Waals surface area contributed by atoms with Gasteiger partial charge in [-0.05, 0) is 18.1 Å². The molecule has 0 bridgehead atoms. The van der Waals surface area contributed by atoms with Crippen LogP contribution in [0.3, 0.4) is 0 Å². The molecule has 15 heteroatoms. The van der Waals surface area contributed by atoms with E-state index in [2.05, 4.69) is 6.58 Å². The fourth-order valence-corrected chi connectivity index (χ4v) is 4.00. The lowest BCUT2D eigenvalue weighted by atomic mass is 9.98. The molecule has 0 amide bonds. The summed E-state index contributed by atoms with van der Waals surface area (Å²) in [7, 11) is -2.34. The van der Waals surface area contributed by atoms with Crippen LogP contribution in [0.4, 0.5) is 4.79 Å². The Kier molecular flexibility index (Phi) is 12.2. The van der Waals surface area contributed by atoms with Gasteiger partial charge in [0.25, 0.3) is 3.79 Å². The minimum Gasteiger partial charge on any atom is -0.456 e. The van der Waals surface area contributed by atoms with Crippen molar-refractivity contribution in [3.63, 3.8) is 0 Å². The molecule has 0 aliphatic carbocycles. The highest BCUT2D eigenvalue weighted by Crippen LogP contribution is 2.38. The largest absolute Gasteiger partial charge is 0.509 e. The minimum atomic E-state index is -2.34. The summed E-state index contributed by atoms with van der Waals surface area (Å²) in [6, 6.07) is 0. The van der Waals surface area contributed by atoms with E-state index in [1.54, 1.807) is 0 Å². The van der Waals surface area contributed by atoms with E-state index < -0.39 is 66.8 Å². The molecular weight excluding hydrogens is 573 g/mol. The molecule has 5 atom stereocenters. The molecule has 0 radical (unpaired) electrons. The molecule has 212 valence electrons. The number of ether oxygens (including phenoxy) is 6. The quantitative estimate of drug-likeness (QED) is 0.0749. The second-order valence-electron chi connectivity index (χ2n) is 9.64. The Morgan fingerprint density at radius 1 is 0.973 bits per heavy atom. The number of alkyl halides is 3. The lowest BCUT2D eigenvalue weighted by Crippen LogP contribution is -2.64. The highest BCUT2D eigenvalue weighted by molar-refractivity contribution is 6.76. The summed E-state index contributed by atoms with van der Waals surface area (Å²) in [6.45, 7) is 15.4. The van der Waals surface area contributed by atoms with Gasteiger partial charge in [-0.3, -0.25) is 15.0 Å². The van der Waals surface area contributed by atoms with E-state index in [-0.39, 0.29) is 18.3 Å². The fraction of sp³-hybridized carbons (Fsp3) is 0.727. The summed E-state index contributed by atoms with van der Waals surface area (Å²) >= 11 is 17.3. The number of nitrogens with one attached hydrogen (secondary N) is 1. The highest BCUT2D eigenvalue weighted by atomic mass is 35.6. The average Bonchev–Trinajstić information content (AvgIpc) is 2.72. The van der Waals surface area contributed by atoms with Crippen LogP contribution in [0, 0.1) is 5.41 Å². The van der Waals surface area contributed by atoms with E-state index in [0.29, 0.717) is 0 Å². The molecule has 1 saturated heterocycles. The maximum absolute atomic E-state index is 12.3. The number of rotatable bonds is 9. The number of halogens is 3. The van der Waals surface area contributed by atoms with Crippen molar-refractivity contribution in [2.75, 3.05) is 13.2 Å². The van der Waals surface area contributed by atoms with Crippen LogP contribution in [0.2, 0.25) is 18.1 Å². The van der Waals surface area contributed by atoms with Gasteiger partial charge in [0, 0.05) is 13.8 Å². The van der Waals surface area contributed by atoms with Crippen LogP contribution in [0.25, 0.3) is 0 Å². The number of hydrogen-bond donors (Lipinski definition) is 1. The smallest absolute Gasteiger partial charge is 0.456 e. The molecule has 1 rings (SSSR count). The van der Waals surface area contributed by atoms with Gasteiger partial charge in [0.15, 0.2) is 20.5 Å². The number of esters is 2. The zero-order valence-electron chi connectivity index (χ0n) is 21.8. The molecule has 0 saturated carbocycles. The molecule has 11 nitrogen and oxygen atoms in total. The molecule has 1 fully saturated rings. The van der Waals surface area contributed by atoms with Crippen molar-refractivity contribution in [1.82, 2.24) is 0 Å². The summed E-state index contributed by atoms with van der Waals surface area (Å²) in [5, 5.41) is 7.80. The predicted octanol–water partition coefficient (Wildman–Crippen LogP) is 4.67. The van der Waals surface area contributed by atoms with Crippen LogP contribution in [0.5, 0.6) is 0 Å². The van der Waals surface area contributed by atoms with E-state index in [4.69, 9.17) is 73.1 Å². The Bertz CT molecular complexity index is 859. The Balaban J connectivity index is 3.50. The van der Waals surface area contributed by atoms with Crippen molar-refractivity contribution in [2.45, 2.75) is 87.2 Å². The van der Waals surface area contributed by atoms with Gasteiger partial charge in [0.1, 0.15) is 12.7 Å². The van der Waals surface area contributed by atoms with Gasteiger partial charge >= 0.3 is 18.1 Å². The second-order valence-corrected chi connectivity index (χ2v) is 16.7. The maximum atomic E-state index is 12.3. The van der Waals surface area contributed by atoms with Crippen molar-refractivity contribution >= 4 is 67.1 Å². The SMILES string of the molecule is C=CCOC(=O)O[C@H]1C(OC(=N)C(Cl)(Cl)Cl)O[C@H](CO[Si](C)(C)C(C)(C)C)[C@@H](OC(C)=O)[C@@H]1OC(C)=O. The van der Waals surface area contributed by atoms with Gasteiger partial charge < -0.3 is 32.8 Å². The standard InChI is InChI=1S/C22H34Cl3NO10Si/c1-9-10-30-20(29)35-17-16(33-13(3)28)15(32-12(2)27)14(11-31-37(7,8)21(4,5)6)34-18(17)36-19(26)22(23,24)25/h9,14-18,26H,1,10-11H2,2-8H3/t14-,15-,16+,17-,18?/m1/s1. The van der Waals surface area contributed by atoms with Crippen LogP contribution < -0.4 is 0 Å². The summed E-state index contributed by atoms with van der Waals surface area (Å²) in [6.07, 6.45) is -7.04. The van der Waals surface area contributed by atoms with E-state index in [0.717, 1.165) is 13.8 Å². The first-order valence-electron chi connectivity index (χ1n) is 11.2. The Morgan fingerprint density at radius 3 is 1.97 bits per heavy atom. The van der Waals surface area contributed by atoms with Gasteiger partial charge in [-0.2, -0.15) is 0 Å². The first-order chi connectivity index (χ1) is 16.8. The topological polar surface area (TPSA) is 140 Å². The normalized spacial score (nSPS) is 24.4. The molecule has 1 N–H and O–H groups in total. The Hall–Kier alpha value is -1.57. The molecule has 37 heavy (non-hydrogen) atoms. The van der Waals surface area contributed by atoms with Crippen LogP contribution in [0.1, 0.15) is 34.6 Å². The van der Waals surface area contributed by atoms with Crippen LogP contribution >= 0.6 is 34.8 Å². The zero-order chi connectivity index (χ0) is 28.8. The molecule has 1 aliphatic heterocycles. The van der Waals surface area contributed by atoms with Crippen molar-refractivity contribution in [3.05, 3.63) is 12.7 Å². The van der Waals surface area contributed by atoms with E-state index >= 15 is 0 Å². The first kappa shape index (κ1) is 33.5. The third kappa shape index (κ3) is 10.3. The summed E-state index contributed by atoms with van der Waals surface area (Å²) in [5.74, 6) is -2.40. The van der Waals surface area contributed by atoms with E-state index in [9.17, 15) is 14.4 Å². The maximum Gasteiger partial charge on any atom is 0.509 e. The number of hydrogen-bond acceptors (Lipinski definition) is 11. The lowest BCUT2D eigenvalue weighted by Gasteiger charge is -2.45. The molecule has 0 aromatic rings. The molecule has 1 aliphatic rings. The van der Waals surface area contributed by atoms with E-state index in [1.165, 1.54) is 6.08 Å². The minimum absolute atomic E-state index is 0.124. The average molecular weight is 607 g/mol. The van der Waals surface area contributed by atoms with Gasteiger partial charge in [0.2, 0.25) is 18.3 Å². The van der Waals surface area contributed by atoms with Crippen molar-refractivity contribution in [2.24, 2.45) is 0 Å². The van der Waals surface area contributed by atoms with Gasteiger partial charge in [-0.25, -0.2) is 4.79 Å². The molecule has 1 heterocycles. The van der Waals surface area contributed by atoms with Crippen molar-refractivity contribution in [1.29, 1.82) is 5.41 Å². The van der Waals surface area contributed by atoms with Crippen molar-refractivity contribution in [3.8, 4) is 0 Å². The third-order valence-electron chi connectivity index (χ3n) is 5.65. The van der Waals surface area contributed by atoms with E-state index in [1.807, 2.05) is 33.9 Å². The van der Waals surface area contributed by atoms with Gasteiger partial charge in [0.05, 0.1) is 6.61 Å². The lowest BCUT2D eigenvalue weighted by molar-refractivity contribution is -0.288. The Morgan fingerprint density at radius 2 is 1.51 bits per heavy atom. The molecule has 1 unspecified atom stereocenters. The fourth-order valence-electron chi connectivity index (χ4n) is 2.85. The highest BCUT2D eigenvalue weighted by Gasteiger charge is 2.55. The van der Waals surface area contributed by atoms with Crippen molar-refractivity contribution < 1.29 is 47.2 Å². The second kappa shape index (κ2) is 13.5.